The summed E-state index contributed by atoms with van der Waals surface area (Å²) in [5.41, 5.74) is 13.9. The minimum atomic E-state index is -0.471. The summed E-state index contributed by atoms with van der Waals surface area (Å²) in [6.45, 7) is 2.07. The Kier molecular flexibility index (Phi) is 9.05. The highest BCUT2D eigenvalue weighted by Gasteiger charge is 2.18. The molecular formula is C15H20Cl2N4O2. The van der Waals surface area contributed by atoms with Gasteiger partial charge in [0.1, 0.15) is 11.4 Å². The van der Waals surface area contributed by atoms with E-state index in [0.29, 0.717) is 12.3 Å². The van der Waals surface area contributed by atoms with Crippen molar-refractivity contribution in [3.8, 4) is 0 Å². The van der Waals surface area contributed by atoms with Crippen LogP contribution in [0, 0.1) is 0 Å². The third-order valence-corrected chi connectivity index (χ3v) is 2.87. The number of amides is 1. The number of benzene rings is 2. The minimum Gasteiger partial charge on any atom is -1.00 e. The zero-order valence-corrected chi connectivity index (χ0v) is 14.3. The molecule has 0 spiro atoms. The molecule has 0 aliphatic rings. The number of hydrogen-bond acceptors (Lipinski definition) is 3. The molecule has 8 heteroatoms. The highest BCUT2D eigenvalue weighted by molar-refractivity contribution is 5.90. The topological polar surface area (TPSA) is 96.9 Å². The molecular weight excluding hydrogens is 339 g/mol. The number of nitrogens with one attached hydrogen (secondary N) is 1. The van der Waals surface area contributed by atoms with E-state index in [1.807, 2.05) is 48.5 Å². The van der Waals surface area contributed by atoms with Crippen LogP contribution in [0.4, 0.5) is 27.5 Å². The lowest BCUT2D eigenvalue weighted by molar-refractivity contribution is -0.264. The van der Waals surface area contributed by atoms with E-state index in [2.05, 4.69) is 16.9 Å². The number of carbonyl (C=O) groups is 1. The average molecular weight is 359 g/mol. The molecule has 0 radical (unpaired) electrons. The first-order chi connectivity index (χ1) is 10.1. The van der Waals surface area contributed by atoms with Gasteiger partial charge in [0.05, 0.1) is 18.4 Å². The number of carbonyl (C=O) groups excluding carboxylic acids is 1. The highest BCUT2D eigenvalue weighted by Crippen LogP contribution is 2.22. The summed E-state index contributed by atoms with van der Waals surface area (Å²) in [6, 6.07) is 14.8. The molecule has 0 heterocycles. The molecule has 6 nitrogen and oxygen atoms in total. The van der Waals surface area contributed by atoms with Crippen molar-refractivity contribution in [2.45, 2.75) is 6.92 Å². The van der Waals surface area contributed by atoms with E-state index in [1.165, 1.54) is 5.01 Å². The van der Waals surface area contributed by atoms with Gasteiger partial charge in [-0.05, 0) is 25.1 Å². The van der Waals surface area contributed by atoms with Gasteiger partial charge in [-0.3, -0.25) is 5.43 Å². The number of para-hydroxylation sites is 1. The summed E-state index contributed by atoms with van der Waals surface area (Å²) < 4.78 is 5.09. The third-order valence-electron chi connectivity index (χ3n) is 2.87. The Labute approximate surface area is 147 Å². The molecule has 2 aromatic carbocycles. The van der Waals surface area contributed by atoms with Crippen molar-refractivity contribution in [2.75, 3.05) is 17.0 Å². The molecule has 0 fully saturated rings. The molecule has 1 amide bonds. The fourth-order valence-corrected chi connectivity index (χ4v) is 1.86. The van der Waals surface area contributed by atoms with Crippen LogP contribution in [-0.2, 0) is 4.74 Å². The van der Waals surface area contributed by atoms with E-state index in [0.717, 1.165) is 17.1 Å². The summed E-state index contributed by atoms with van der Waals surface area (Å²) >= 11 is 0. The fraction of sp³-hybridized carbons (Fsp3) is 0.133. The molecule has 0 aromatic heterocycles. The summed E-state index contributed by atoms with van der Waals surface area (Å²) in [6.07, 6.45) is -0.471. The number of hydrazine groups is 1. The van der Waals surface area contributed by atoms with Crippen LogP contribution in [0.5, 0.6) is 0 Å². The number of quaternary nitrogens is 2. The van der Waals surface area contributed by atoms with Gasteiger partial charge in [0.25, 0.3) is 0 Å². The largest absolute Gasteiger partial charge is 1.00 e. The molecule has 0 saturated heterocycles. The molecule has 0 aliphatic carbocycles. The number of anilines is 2. The van der Waals surface area contributed by atoms with Gasteiger partial charge in [-0.2, -0.15) is 5.01 Å². The van der Waals surface area contributed by atoms with E-state index in [4.69, 9.17) is 4.74 Å². The van der Waals surface area contributed by atoms with Gasteiger partial charge in [-0.1, -0.05) is 18.2 Å². The molecule has 126 valence electrons. The monoisotopic (exact) mass is 358 g/mol. The average Bonchev–Trinajstić information content (AvgIpc) is 2.47. The molecule has 7 N–H and O–H groups in total. The van der Waals surface area contributed by atoms with Crippen molar-refractivity contribution >= 4 is 28.8 Å². The number of halogens is 2. The van der Waals surface area contributed by atoms with Gasteiger partial charge < -0.3 is 41.0 Å². The lowest BCUT2D eigenvalue weighted by Gasteiger charge is -2.23. The summed E-state index contributed by atoms with van der Waals surface area (Å²) in [4.78, 5) is 12.1. The van der Waals surface area contributed by atoms with Crippen LogP contribution in [0.15, 0.2) is 48.5 Å². The standard InChI is InChI=1S/C15H18N4O2.2ClH/c1-2-21-15(20)19(12-6-4-3-5-7-12)18-14-9-8-11(16)10-13(14)17;;/h3-10,18H,2,16-17H2,1H3;2*1H. The van der Waals surface area contributed by atoms with Crippen molar-refractivity contribution in [3.05, 3.63) is 48.5 Å². The Morgan fingerprint density at radius 2 is 1.78 bits per heavy atom. The van der Waals surface area contributed by atoms with Gasteiger partial charge in [0.2, 0.25) is 0 Å². The van der Waals surface area contributed by atoms with Crippen LogP contribution in [0.3, 0.4) is 0 Å². The maximum absolute atomic E-state index is 12.1. The zero-order chi connectivity index (χ0) is 15.2. The van der Waals surface area contributed by atoms with E-state index in [1.54, 1.807) is 6.92 Å². The molecule has 0 saturated carbocycles. The van der Waals surface area contributed by atoms with Gasteiger partial charge in [0, 0.05) is 6.07 Å². The van der Waals surface area contributed by atoms with E-state index in [-0.39, 0.29) is 24.8 Å². The third kappa shape index (κ3) is 5.61. The van der Waals surface area contributed by atoms with Crippen LogP contribution in [-0.4, -0.2) is 12.7 Å². The summed E-state index contributed by atoms with van der Waals surface area (Å²) in [5.74, 6) is 0. The minimum absolute atomic E-state index is 0. The van der Waals surface area contributed by atoms with Crippen molar-refractivity contribution < 1.29 is 45.8 Å². The van der Waals surface area contributed by atoms with E-state index in [9.17, 15) is 4.79 Å². The molecule has 0 atom stereocenters. The fourth-order valence-electron chi connectivity index (χ4n) is 1.86. The molecule has 2 aromatic rings. The van der Waals surface area contributed by atoms with Crippen LogP contribution >= 0.6 is 0 Å². The maximum atomic E-state index is 12.1. The van der Waals surface area contributed by atoms with Crippen LogP contribution in [0.2, 0.25) is 0 Å². The molecule has 0 aliphatic heterocycles. The van der Waals surface area contributed by atoms with Crippen molar-refractivity contribution in [3.63, 3.8) is 0 Å². The predicted octanol–water partition coefficient (Wildman–Crippen LogP) is -4.57. The van der Waals surface area contributed by atoms with Gasteiger partial charge in [-0.15, -0.1) is 0 Å². The predicted molar refractivity (Wildman–Crippen MR) is 81.1 cm³/mol. The van der Waals surface area contributed by atoms with Crippen molar-refractivity contribution in [1.29, 1.82) is 0 Å². The van der Waals surface area contributed by atoms with Crippen LogP contribution in [0.25, 0.3) is 0 Å². The summed E-state index contributed by atoms with van der Waals surface area (Å²) in [7, 11) is 0. The Bertz CT molecular complexity index is 626. The maximum Gasteiger partial charge on any atom is 0.433 e. The number of nitrogens with zero attached hydrogens (tertiary/aromatic N) is 1. The van der Waals surface area contributed by atoms with E-state index < -0.39 is 6.09 Å². The van der Waals surface area contributed by atoms with Crippen molar-refractivity contribution in [1.82, 2.24) is 0 Å². The van der Waals surface area contributed by atoms with Gasteiger partial charge in [0.15, 0.2) is 5.69 Å². The lowest BCUT2D eigenvalue weighted by atomic mass is 10.2. The summed E-state index contributed by atoms with van der Waals surface area (Å²) in [5, 5.41) is 1.36. The number of hydrogen-bond donors (Lipinski definition) is 3. The van der Waals surface area contributed by atoms with Crippen LogP contribution < -0.4 is 46.7 Å². The first-order valence-corrected chi connectivity index (χ1v) is 6.68. The Balaban J connectivity index is 0.00000242. The molecule has 23 heavy (non-hydrogen) atoms. The highest BCUT2D eigenvalue weighted by atomic mass is 35.5. The first-order valence-electron chi connectivity index (χ1n) is 6.68. The zero-order valence-electron chi connectivity index (χ0n) is 12.8. The lowest BCUT2D eigenvalue weighted by Crippen LogP contribution is -3.00. The molecule has 2 rings (SSSR count). The van der Waals surface area contributed by atoms with E-state index >= 15 is 0 Å². The molecule has 0 bridgehead atoms. The normalized spacial score (nSPS) is 9.17. The smallest absolute Gasteiger partial charge is 0.433 e. The second-order valence-corrected chi connectivity index (χ2v) is 4.47. The Hall–Kier alpha value is -1.99. The van der Waals surface area contributed by atoms with Gasteiger partial charge in [-0.25, -0.2) is 4.79 Å². The Morgan fingerprint density at radius 3 is 2.35 bits per heavy atom. The second-order valence-electron chi connectivity index (χ2n) is 4.47. The quantitative estimate of drug-likeness (QED) is 0.480. The van der Waals surface area contributed by atoms with Gasteiger partial charge >= 0.3 is 6.09 Å². The Morgan fingerprint density at radius 1 is 1.13 bits per heavy atom. The number of rotatable bonds is 4. The van der Waals surface area contributed by atoms with Crippen LogP contribution in [0.1, 0.15) is 6.92 Å². The first kappa shape index (κ1) is 21.0. The van der Waals surface area contributed by atoms with Crippen molar-refractivity contribution in [2.24, 2.45) is 0 Å². The number of ether oxygens (including phenoxy) is 1. The SMILES string of the molecule is CCOC(=O)N(Nc1ccc([NH3+])cc1[NH3+])c1ccccc1.[Cl-].[Cl-]. The second kappa shape index (κ2) is 9.91. The molecule has 0 unspecified atom stereocenters.